The Morgan fingerprint density at radius 1 is 1.23 bits per heavy atom. The molecule has 1 unspecified atom stereocenters. The SMILES string of the molecule is O=S(=O)(CC1CCCNC1)C1CC1. The molecule has 2 fully saturated rings. The maximum atomic E-state index is 11.6. The van der Waals surface area contributed by atoms with Crippen LogP contribution in [0.4, 0.5) is 0 Å². The molecule has 1 aliphatic carbocycles. The van der Waals surface area contributed by atoms with Crippen molar-refractivity contribution in [1.82, 2.24) is 5.32 Å². The van der Waals surface area contributed by atoms with Gasteiger partial charge in [0.25, 0.3) is 0 Å². The predicted molar refractivity (Wildman–Crippen MR) is 52.4 cm³/mol. The van der Waals surface area contributed by atoms with Gasteiger partial charge in [0.05, 0.1) is 11.0 Å². The summed E-state index contributed by atoms with van der Waals surface area (Å²) in [5, 5.41) is 3.27. The van der Waals surface area contributed by atoms with E-state index in [4.69, 9.17) is 0 Å². The minimum Gasteiger partial charge on any atom is -0.316 e. The monoisotopic (exact) mass is 203 g/mol. The number of hydrogen-bond acceptors (Lipinski definition) is 3. The first kappa shape index (κ1) is 9.46. The lowest BCUT2D eigenvalue weighted by atomic mass is 10.0. The zero-order valence-electron chi connectivity index (χ0n) is 7.83. The van der Waals surface area contributed by atoms with Crippen molar-refractivity contribution in [1.29, 1.82) is 0 Å². The third-order valence-electron chi connectivity index (χ3n) is 2.90. The molecular weight excluding hydrogens is 186 g/mol. The second kappa shape index (κ2) is 3.58. The molecule has 0 bridgehead atoms. The first-order chi connectivity index (χ1) is 6.18. The second-order valence-electron chi connectivity index (χ2n) is 4.24. The standard InChI is InChI=1S/C9H17NO2S/c11-13(12,9-3-4-9)7-8-2-1-5-10-6-8/h8-10H,1-7H2. The van der Waals surface area contributed by atoms with Crippen LogP contribution in [0.15, 0.2) is 0 Å². The second-order valence-corrected chi connectivity index (χ2v) is 6.57. The van der Waals surface area contributed by atoms with Crippen LogP contribution in [0.1, 0.15) is 25.7 Å². The van der Waals surface area contributed by atoms with E-state index in [0.717, 1.165) is 38.8 Å². The lowest BCUT2D eigenvalue weighted by molar-refractivity contribution is 0.404. The molecule has 4 heteroatoms. The fourth-order valence-electron chi connectivity index (χ4n) is 1.96. The van der Waals surface area contributed by atoms with Crippen molar-refractivity contribution >= 4 is 9.84 Å². The van der Waals surface area contributed by atoms with E-state index in [0.29, 0.717) is 11.7 Å². The Balaban J connectivity index is 1.88. The van der Waals surface area contributed by atoms with Gasteiger partial charge in [-0.2, -0.15) is 0 Å². The molecule has 1 aliphatic heterocycles. The molecule has 1 heterocycles. The van der Waals surface area contributed by atoms with Gasteiger partial charge in [-0.3, -0.25) is 0 Å². The van der Waals surface area contributed by atoms with E-state index in [2.05, 4.69) is 5.32 Å². The van der Waals surface area contributed by atoms with Gasteiger partial charge in [0.2, 0.25) is 0 Å². The molecule has 0 radical (unpaired) electrons. The summed E-state index contributed by atoms with van der Waals surface area (Å²) in [7, 11) is -2.73. The van der Waals surface area contributed by atoms with Gasteiger partial charge in [-0.15, -0.1) is 0 Å². The third kappa shape index (κ3) is 2.44. The first-order valence-corrected chi connectivity index (χ1v) is 6.82. The summed E-state index contributed by atoms with van der Waals surface area (Å²) < 4.78 is 23.3. The summed E-state index contributed by atoms with van der Waals surface area (Å²) in [6, 6.07) is 0. The lowest BCUT2D eigenvalue weighted by Gasteiger charge is -2.22. The number of sulfone groups is 1. The largest absolute Gasteiger partial charge is 0.316 e. The molecule has 1 saturated heterocycles. The molecule has 0 amide bonds. The van der Waals surface area contributed by atoms with Crippen LogP contribution in [0.2, 0.25) is 0 Å². The zero-order valence-corrected chi connectivity index (χ0v) is 8.65. The highest BCUT2D eigenvalue weighted by Gasteiger charge is 2.37. The van der Waals surface area contributed by atoms with Crippen molar-refractivity contribution in [2.75, 3.05) is 18.8 Å². The van der Waals surface area contributed by atoms with Gasteiger partial charge in [0, 0.05) is 0 Å². The number of hydrogen-bond donors (Lipinski definition) is 1. The van der Waals surface area contributed by atoms with Gasteiger partial charge in [0.15, 0.2) is 9.84 Å². The zero-order chi connectivity index (χ0) is 9.31. The minimum absolute atomic E-state index is 0.0226. The van der Waals surface area contributed by atoms with E-state index in [1.165, 1.54) is 0 Å². The Bertz CT molecular complexity index is 263. The van der Waals surface area contributed by atoms with Gasteiger partial charge in [-0.1, -0.05) is 0 Å². The van der Waals surface area contributed by atoms with Crippen LogP contribution in [0, 0.1) is 5.92 Å². The van der Waals surface area contributed by atoms with Crippen LogP contribution in [0.3, 0.4) is 0 Å². The highest BCUT2D eigenvalue weighted by atomic mass is 32.2. The first-order valence-electron chi connectivity index (χ1n) is 5.11. The van der Waals surface area contributed by atoms with Crippen molar-refractivity contribution in [3.05, 3.63) is 0 Å². The van der Waals surface area contributed by atoms with Crippen molar-refractivity contribution in [3.8, 4) is 0 Å². The van der Waals surface area contributed by atoms with E-state index in [1.54, 1.807) is 0 Å². The molecule has 0 aromatic heterocycles. The highest BCUT2D eigenvalue weighted by molar-refractivity contribution is 7.92. The van der Waals surface area contributed by atoms with E-state index in [-0.39, 0.29) is 5.25 Å². The Kier molecular flexibility index (Phi) is 2.60. The van der Waals surface area contributed by atoms with Gasteiger partial charge >= 0.3 is 0 Å². The number of rotatable bonds is 3. The molecule has 0 aromatic rings. The summed E-state index contributed by atoms with van der Waals surface area (Å²) in [4.78, 5) is 0. The average molecular weight is 203 g/mol. The van der Waals surface area contributed by atoms with E-state index < -0.39 is 9.84 Å². The molecule has 1 N–H and O–H groups in total. The molecule has 2 aliphatic rings. The smallest absolute Gasteiger partial charge is 0.153 e. The summed E-state index contributed by atoms with van der Waals surface area (Å²) in [5.74, 6) is 0.796. The average Bonchev–Trinajstić information content (AvgIpc) is 2.87. The predicted octanol–water partition coefficient (Wildman–Crippen LogP) is 0.563. The molecule has 13 heavy (non-hydrogen) atoms. The van der Waals surface area contributed by atoms with Crippen LogP contribution < -0.4 is 5.32 Å². The molecule has 76 valence electrons. The van der Waals surface area contributed by atoms with E-state index in [9.17, 15) is 8.42 Å². The van der Waals surface area contributed by atoms with Gasteiger partial charge in [-0.25, -0.2) is 8.42 Å². The lowest BCUT2D eigenvalue weighted by Crippen LogP contribution is -2.34. The molecule has 3 nitrogen and oxygen atoms in total. The van der Waals surface area contributed by atoms with Crippen LogP contribution in [0.25, 0.3) is 0 Å². The fourth-order valence-corrected chi connectivity index (χ4v) is 4.03. The molecule has 0 aromatic carbocycles. The topological polar surface area (TPSA) is 46.2 Å². The number of piperidine rings is 1. The summed E-state index contributed by atoms with van der Waals surface area (Å²) >= 11 is 0. The number of nitrogens with one attached hydrogen (secondary N) is 1. The van der Waals surface area contributed by atoms with Crippen molar-refractivity contribution in [3.63, 3.8) is 0 Å². The fraction of sp³-hybridized carbons (Fsp3) is 1.00. The van der Waals surface area contributed by atoms with Gasteiger partial charge < -0.3 is 5.32 Å². The molecule has 2 rings (SSSR count). The Labute approximate surface area is 79.8 Å². The Morgan fingerprint density at radius 3 is 2.54 bits per heavy atom. The Hall–Kier alpha value is -0.0900. The van der Waals surface area contributed by atoms with Crippen LogP contribution in [0.5, 0.6) is 0 Å². The normalized spacial score (nSPS) is 30.3. The molecular formula is C9H17NO2S. The Morgan fingerprint density at radius 2 is 2.00 bits per heavy atom. The summed E-state index contributed by atoms with van der Waals surface area (Å²) in [6.45, 7) is 1.95. The summed E-state index contributed by atoms with van der Waals surface area (Å²) in [5.41, 5.74) is 0. The van der Waals surface area contributed by atoms with Crippen LogP contribution in [-0.4, -0.2) is 32.5 Å². The maximum Gasteiger partial charge on any atom is 0.153 e. The molecule has 1 atom stereocenters. The van der Waals surface area contributed by atoms with Crippen molar-refractivity contribution < 1.29 is 8.42 Å². The maximum absolute atomic E-state index is 11.6. The third-order valence-corrected chi connectivity index (χ3v) is 5.32. The summed E-state index contributed by atoms with van der Waals surface area (Å²) in [6.07, 6.45) is 4.02. The molecule has 1 saturated carbocycles. The molecule has 0 spiro atoms. The van der Waals surface area contributed by atoms with E-state index >= 15 is 0 Å². The van der Waals surface area contributed by atoms with Crippen LogP contribution in [-0.2, 0) is 9.84 Å². The van der Waals surface area contributed by atoms with Crippen molar-refractivity contribution in [2.45, 2.75) is 30.9 Å². The van der Waals surface area contributed by atoms with Gasteiger partial charge in [-0.05, 0) is 44.7 Å². The van der Waals surface area contributed by atoms with Gasteiger partial charge in [0.1, 0.15) is 0 Å². The quantitative estimate of drug-likeness (QED) is 0.729. The van der Waals surface area contributed by atoms with Crippen molar-refractivity contribution in [2.24, 2.45) is 5.92 Å². The highest BCUT2D eigenvalue weighted by Crippen LogP contribution is 2.30. The van der Waals surface area contributed by atoms with Crippen LogP contribution >= 0.6 is 0 Å². The van der Waals surface area contributed by atoms with E-state index in [1.807, 2.05) is 0 Å². The minimum atomic E-state index is -2.73.